The molecule has 0 aromatic carbocycles. The summed E-state index contributed by atoms with van der Waals surface area (Å²) in [5.41, 5.74) is 0.130. The predicted octanol–water partition coefficient (Wildman–Crippen LogP) is 2.85. The molecule has 0 heterocycles. The fourth-order valence-electron chi connectivity index (χ4n) is 1.62. The van der Waals surface area contributed by atoms with Crippen LogP contribution in [0.5, 0.6) is 0 Å². The van der Waals surface area contributed by atoms with Gasteiger partial charge in [0.15, 0.2) is 0 Å². The van der Waals surface area contributed by atoms with Crippen molar-refractivity contribution in [3.63, 3.8) is 0 Å². The number of nitrogens with one attached hydrogen (secondary N) is 2. The third kappa shape index (κ3) is 13.4. The van der Waals surface area contributed by atoms with E-state index in [2.05, 4.69) is 38.3 Å². The minimum absolute atomic E-state index is 0.130. The number of rotatable bonds is 9. The molecule has 3 heteroatoms. The minimum Gasteiger partial charge on any atom is -0.355 e. The zero-order valence-corrected chi connectivity index (χ0v) is 12.1. The van der Waals surface area contributed by atoms with Gasteiger partial charge in [-0.1, -0.05) is 32.6 Å². The maximum atomic E-state index is 11.5. The number of hydrogen-bond donors (Lipinski definition) is 2. The van der Waals surface area contributed by atoms with Gasteiger partial charge in [-0.3, -0.25) is 4.79 Å². The first-order valence-electron chi connectivity index (χ1n) is 6.97. The Bertz CT molecular complexity index is 197. The second kappa shape index (κ2) is 9.46. The number of carbonyl (C=O) groups is 1. The van der Waals surface area contributed by atoms with Gasteiger partial charge in [0.2, 0.25) is 5.91 Å². The summed E-state index contributed by atoms with van der Waals surface area (Å²) in [4.78, 5) is 11.5. The van der Waals surface area contributed by atoms with Crippen LogP contribution in [0.1, 0.15) is 66.2 Å². The van der Waals surface area contributed by atoms with Gasteiger partial charge in [0.05, 0.1) is 0 Å². The van der Waals surface area contributed by atoms with Gasteiger partial charge in [-0.05, 0) is 27.2 Å². The van der Waals surface area contributed by atoms with Gasteiger partial charge in [0.25, 0.3) is 0 Å². The Hall–Kier alpha value is -0.570. The van der Waals surface area contributed by atoms with Crippen LogP contribution >= 0.6 is 0 Å². The van der Waals surface area contributed by atoms with Crippen molar-refractivity contribution in [3.8, 4) is 0 Å². The molecule has 17 heavy (non-hydrogen) atoms. The highest BCUT2D eigenvalue weighted by atomic mass is 16.1. The molecule has 2 N–H and O–H groups in total. The van der Waals surface area contributed by atoms with E-state index in [1.165, 1.54) is 25.7 Å². The third-order valence-corrected chi connectivity index (χ3v) is 2.61. The molecule has 0 aromatic rings. The molecule has 3 nitrogen and oxygen atoms in total. The van der Waals surface area contributed by atoms with Crippen molar-refractivity contribution in [1.82, 2.24) is 10.6 Å². The molecule has 0 aliphatic carbocycles. The molecule has 0 aromatic heterocycles. The molecule has 0 aliphatic heterocycles. The van der Waals surface area contributed by atoms with Crippen molar-refractivity contribution in [2.24, 2.45) is 0 Å². The van der Waals surface area contributed by atoms with Gasteiger partial charge in [0, 0.05) is 25.0 Å². The van der Waals surface area contributed by atoms with Crippen molar-refractivity contribution in [1.29, 1.82) is 0 Å². The summed E-state index contributed by atoms with van der Waals surface area (Å²) in [7, 11) is 0. The Labute approximate surface area is 107 Å². The Morgan fingerprint density at radius 2 is 1.65 bits per heavy atom. The van der Waals surface area contributed by atoms with Crippen LogP contribution in [-0.2, 0) is 4.79 Å². The minimum atomic E-state index is 0.130. The number of unbranched alkanes of at least 4 members (excludes halogenated alkanes) is 4. The quantitative estimate of drug-likeness (QED) is 0.610. The third-order valence-electron chi connectivity index (χ3n) is 2.61. The predicted molar refractivity (Wildman–Crippen MR) is 74.1 cm³/mol. The monoisotopic (exact) mass is 242 g/mol. The van der Waals surface area contributed by atoms with Crippen LogP contribution in [0.4, 0.5) is 0 Å². The van der Waals surface area contributed by atoms with Crippen LogP contribution < -0.4 is 10.6 Å². The maximum absolute atomic E-state index is 11.5. The van der Waals surface area contributed by atoms with Gasteiger partial charge >= 0.3 is 0 Å². The molecule has 0 rings (SSSR count). The van der Waals surface area contributed by atoms with E-state index in [0.717, 1.165) is 19.5 Å². The van der Waals surface area contributed by atoms with Gasteiger partial charge in [-0.15, -0.1) is 0 Å². The second-order valence-electron chi connectivity index (χ2n) is 5.69. The lowest BCUT2D eigenvalue weighted by molar-refractivity contribution is -0.121. The Morgan fingerprint density at radius 1 is 1.00 bits per heavy atom. The maximum Gasteiger partial charge on any atom is 0.220 e. The molecule has 0 fully saturated rings. The largest absolute Gasteiger partial charge is 0.355 e. The first-order chi connectivity index (χ1) is 7.95. The average Bonchev–Trinajstić information content (AvgIpc) is 2.23. The fraction of sp³-hybridized carbons (Fsp3) is 0.929. The van der Waals surface area contributed by atoms with E-state index in [9.17, 15) is 4.79 Å². The number of hydrogen-bond acceptors (Lipinski definition) is 2. The van der Waals surface area contributed by atoms with Crippen LogP contribution in [0.25, 0.3) is 0 Å². The van der Waals surface area contributed by atoms with Crippen molar-refractivity contribution >= 4 is 5.91 Å². The molecule has 0 radical (unpaired) electrons. The summed E-state index contributed by atoms with van der Waals surface area (Å²) in [5, 5.41) is 6.29. The normalized spacial score (nSPS) is 11.5. The van der Waals surface area contributed by atoms with Crippen molar-refractivity contribution < 1.29 is 4.79 Å². The summed E-state index contributed by atoms with van der Waals surface area (Å²) in [6.45, 7) is 10.2. The second-order valence-corrected chi connectivity index (χ2v) is 5.69. The Kier molecular flexibility index (Phi) is 9.14. The highest BCUT2D eigenvalue weighted by Crippen LogP contribution is 2.04. The average molecular weight is 242 g/mol. The summed E-state index contributed by atoms with van der Waals surface area (Å²) in [6, 6.07) is 0. The van der Waals surface area contributed by atoms with Crippen LogP contribution in [-0.4, -0.2) is 24.5 Å². The van der Waals surface area contributed by atoms with E-state index in [0.29, 0.717) is 6.42 Å². The smallest absolute Gasteiger partial charge is 0.220 e. The number of carbonyl (C=O) groups excluding carboxylic acids is 1. The van der Waals surface area contributed by atoms with Crippen molar-refractivity contribution in [3.05, 3.63) is 0 Å². The van der Waals surface area contributed by atoms with E-state index in [-0.39, 0.29) is 11.4 Å². The van der Waals surface area contributed by atoms with Gasteiger partial charge < -0.3 is 10.6 Å². The SMILES string of the molecule is CCCCCCCC(=O)NCCNC(C)(C)C. The highest BCUT2D eigenvalue weighted by molar-refractivity contribution is 5.75. The molecule has 1 amide bonds. The summed E-state index contributed by atoms with van der Waals surface area (Å²) in [5.74, 6) is 0.192. The number of amides is 1. The molecule has 0 atom stereocenters. The van der Waals surface area contributed by atoms with Crippen LogP contribution in [0.3, 0.4) is 0 Å². The molecule has 0 bridgehead atoms. The van der Waals surface area contributed by atoms with Crippen LogP contribution in [0, 0.1) is 0 Å². The lowest BCUT2D eigenvalue weighted by Gasteiger charge is -2.20. The van der Waals surface area contributed by atoms with E-state index in [4.69, 9.17) is 0 Å². The first kappa shape index (κ1) is 16.4. The fourth-order valence-corrected chi connectivity index (χ4v) is 1.62. The molecule has 0 saturated heterocycles. The van der Waals surface area contributed by atoms with Crippen molar-refractivity contribution in [2.75, 3.05) is 13.1 Å². The Morgan fingerprint density at radius 3 is 2.24 bits per heavy atom. The van der Waals surface area contributed by atoms with E-state index in [1.54, 1.807) is 0 Å². The van der Waals surface area contributed by atoms with E-state index in [1.807, 2.05) is 0 Å². The van der Waals surface area contributed by atoms with Gasteiger partial charge in [0.1, 0.15) is 0 Å². The first-order valence-corrected chi connectivity index (χ1v) is 6.97. The molecule has 102 valence electrons. The Balaban J connectivity index is 3.29. The highest BCUT2D eigenvalue weighted by Gasteiger charge is 2.07. The van der Waals surface area contributed by atoms with Gasteiger partial charge in [-0.25, -0.2) is 0 Å². The summed E-state index contributed by atoms with van der Waals surface area (Å²) in [6.07, 6.45) is 6.69. The van der Waals surface area contributed by atoms with E-state index >= 15 is 0 Å². The topological polar surface area (TPSA) is 41.1 Å². The van der Waals surface area contributed by atoms with Crippen LogP contribution in [0.2, 0.25) is 0 Å². The molecule has 0 unspecified atom stereocenters. The van der Waals surface area contributed by atoms with Crippen LogP contribution in [0.15, 0.2) is 0 Å². The molecule has 0 spiro atoms. The summed E-state index contributed by atoms with van der Waals surface area (Å²) >= 11 is 0. The molecular formula is C14H30N2O. The molecule has 0 aliphatic rings. The lowest BCUT2D eigenvalue weighted by Crippen LogP contribution is -2.41. The zero-order chi connectivity index (χ0) is 13.1. The zero-order valence-electron chi connectivity index (χ0n) is 12.1. The lowest BCUT2D eigenvalue weighted by atomic mass is 10.1. The molecular weight excluding hydrogens is 212 g/mol. The van der Waals surface area contributed by atoms with E-state index < -0.39 is 0 Å². The van der Waals surface area contributed by atoms with Crippen molar-refractivity contribution in [2.45, 2.75) is 71.8 Å². The molecule has 0 saturated carbocycles. The van der Waals surface area contributed by atoms with Gasteiger partial charge in [-0.2, -0.15) is 0 Å². The summed E-state index contributed by atoms with van der Waals surface area (Å²) < 4.78 is 0. The standard InChI is InChI=1S/C14H30N2O/c1-5-6-7-8-9-10-13(17)15-11-12-16-14(2,3)4/h16H,5-12H2,1-4H3,(H,15,17).